The second kappa shape index (κ2) is 8.03. The van der Waals surface area contributed by atoms with Gasteiger partial charge >= 0.3 is 0 Å². The molecule has 0 bridgehead atoms. The van der Waals surface area contributed by atoms with Gasteiger partial charge in [0.25, 0.3) is 0 Å². The minimum absolute atomic E-state index is 0.139. The fraction of sp³-hybridized carbons (Fsp3) is 0.588. The minimum atomic E-state index is -0.349. The van der Waals surface area contributed by atoms with E-state index in [0.717, 1.165) is 50.1 Å². The van der Waals surface area contributed by atoms with Gasteiger partial charge in [-0.15, -0.1) is 0 Å². The summed E-state index contributed by atoms with van der Waals surface area (Å²) in [4.78, 5) is 13.9. The third-order valence-corrected chi connectivity index (χ3v) is 3.77. The van der Waals surface area contributed by atoms with Crippen LogP contribution in [0.25, 0.3) is 0 Å². The van der Waals surface area contributed by atoms with Crippen LogP contribution in [0.5, 0.6) is 5.75 Å². The van der Waals surface area contributed by atoms with E-state index in [0.29, 0.717) is 13.0 Å². The smallest absolute Gasteiger partial charge is 0.222 e. The standard InChI is InChI=1S/C17H25NO3/c1-2-12-21-16-8-5-14(6-9-16)7-10-17(20)18-11-3-4-15(19)13-18/h5-6,8-9,15,19H,2-4,7,10-13H2,1H3/t15-/m1/s1. The van der Waals surface area contributed by atoms with E-state index >= 15 is 0 Å². The van der Waals surface area contributed by atoms with E-state index in [2.05, 4.69) is 6.92 Å². The Morgan fingerprint density at radius 3 is 2.81 bits per heavy atom. The minimum Gasteiger partial charge on any atom is -0.494 e. The molecule has 0 aromatic heterocycles. The van der Waals surface area contributed by atoms with Crippen molar-refractivity contribution in [3.05, 3.63) is 29.8 Å². The fourth-order valence-electron chi connectivity index (χ4n) is 2.56. The van der Waals surface area contributed by atoms with Gasteiger partial charge in [0.2, 0.25) is 5.91 Å². The summed E-state index contributed by atoms with van der Waals surface area (Å²) >= 11 is 0. The van der Waals surface area contributed by atoms with E-state index in [1.165, 1.54) is 0 Å². The van der Waals surface area contributed by atoms with E-state index in [1.54, 1.807) is 4.90 Å². The Hall–Kier alpha value is -1.55. The van der Waals surface area contributed by atoms with Gasteiger partial charge in [0, 0.05) is 19.5 Å². The summed E-state index contributed by atoms with van der Waals surface area (Å²) < 4.78 is 5.54. The normalized spacial score (nSPS) is 18.6. The van der Waals surface area contributed by atoms with Crippen LogP contribution in [0.15, 0.2) is 24.3 Å². The van der Waals surface area contributed by atoms with Gasteiger partial charge in [-0.3, -0.25) is 4.79 Å². The van der Waals surface area contributed by atoms with Crippen LogP contribution in [0.3, 0.4) is 0 Å². The molecule has 4 heteroatoms. The molecule has 4 nitrogen and oxygen atoms in total. The van der Waals surface area contributed by atoms with Gasteiger partial charge in [-0.05, 0) is 43.4 Å². The van der Waals surface area contributed by atoms with Crippen LogP contribution in [0, 0.1) is 0 Å². The number of nitrogens with zero attached hydrogens (tertiary/aromatic N) is 1. The predicted octanol–water partition coefficient (Wildman–Crippen LogP) is 2.39. The number of aryl methyl sites for hydroxylation is 1. The van der Waals surface area contributed by atoms with Crippen LogP contribution in [-0.2, 0) is 11.2 Å². The number of aliphatic hydroxyl groups excluding tert-OH is 1. The first-order valence-corrected chi connectivity index (χ1v) is 7.86. The maximum Gasteiger partial charge on any atom is 0.222 e. The van der Waals surface area contributed by atoms with Gasteiger partial charge in [0.15, 0.2) is 0 Å². The lowest BCUT2D eigenvalue weighted by atomic mass is 10.1. The maximum atomic E-state index is 12.1. The SMILES string of the molecule is CCCOc1ccc(CCC(=O)N2CCC[C@@H](O)C2)cc1. The number of benzene rings is 1. The van der Waals surface area contributed by atoms with Crippen molar-refractivity contribution in [3.63, 3.8) is 0 Å². The summed E-state index contributed by atoms with van der Waals surface area (Å²) in [5.74, 6) is 1.02. The molecule has 1 fully saturated rings. The molecular weight excluding hydrogens is 266 g/mol. The number of carbonyl (C=O) groups is 1. The van der Waals surface area contributed by atoms with Gasteiger partial charge < -0.3 is 14.7 Å². The van der Waals surface area contributed by atoms with Crippen molar-refractivity contribution in [1.29, 1.82) is 0 Å². The highest BCUT2D eigenvalue weighted by Gasteiger charge is 2.21. The third-order valence-electron chi connectivity index (χ3n) is 3.77. The van der Waals surface area contributed by atoms with Crippen LogP contribution in [0.2, 0.25) is 0 Å². The lowest BCUT2D eigenvalue weighted by Crippen LogP contribution is -2.42. The Balaban J connectivity index is 1.78. The number of β-amino-alcohol motifs (C(OH)–C–C–N with tert-alkyl or cyclic N) is 1. The molecule has 0 unspecified atom stereocenters. The zero-order chi connectivity index (χ0) is 15.1. The van der Waals surface area contributed by atoms with E-state index in [9.17, 15) is 9.90 Å². The number of likely N-dealkylation sites (tertiary alicyclic amines) is 1. The quantitative estimate of drug-likeness (QED) is 0.875. The number of piperidine rings is 1. The molecule has 1 heterocycles. The van der Waals surface area contributed by atoms with Gasteiger partial charge in [-0.25, -0.2) is 0 Å². The monoisotopic (exact) mass is 291 g/mol. The van der Waals surface area contributed by atoms with Crippen LogP contribution in [0.1, 0.15) is 38.2 Å². The average Bonchev–Trinajstić information content (AvgIpc) is 2.51. The third kappa shape index (κ3) is 5.05. The molecule has 1 aliphatic rings. The lowest BCUT2D eigenvalue weighted by molar-refractivity contribution is -0.134. The van der Waals surface area contributed by atoms with E-state index in [4.69, 9.17) is 4.74 Å². The second-order valence-electron chi connectivity index (χ2n) is 5.63. The molecule has 1 N–H and O–H groups in total. The fourth-order valence-corrected chi connectivity index (χ4v) is 2.56. The molecule has 21 heavy (non-hydrogen) atoms. The molecule has 1 aromatic rings. The average molecular weight is 291 g/mol. The Morgan fingerprint density at radius 2 is 2.14 bits per heavy atom. The zero-order valence-corrected chi connectivity index (χ0v) is 12.8. The van der Waals surface area contributed by atoms with Gasteiger partial charge in [-0.2, -0.15) is 0 Å². The molecule has 1 amide bonds. The number of amides is 1. The Labute approximate surface area is 126 Å². The van der Waals surface area contributed by atoms with Crippen LogP contribution < -0.4 is 4.74 Å². The summed E-state index contributed by atoms with van der Waals surface area (Å²) in [5, 5.41) is 9.61. The Bertz CT molecular complexity index is 444. The highest BCUT2D eigenvalue weighted by atomic mass is 16.5. The maximum absolute atomic E-state index is 12.1. The number of carbonyl (C=O) groups excluding carboxylic acids is 1. The first kappa shape index (κ1) is 15.8. The van der Waals surface area contributed by atoms with Crippen molar-refractivity contribution in [2.24, 2.45) is 0 Å². The lowest BCUT2D eigenvalue weighted by Gasteiger charge is -2.30. The number of rotatable bonds is 6. The van der Waals surface area contributed by atoms with Crippen molar-refractivity contribution < 1.29 is 14.6 Å². The van der Waals surface area contributed by atoms with Crippen molar-refractivity contribution >= 4 is 5.91 Å². The van der Waals surface area contributed by atoms with Crippen LogP contribution in [0.4, 0.5) is 0 Å². The number of aliphatic hydroxyl groups is 1. The van der Waals surface area contributed by atoms with Crippen LogP contribution >= 0.6 is 0 Å². The highest BCUT2D eigenvalue weighted by molar-refractivity contribution is 5.76. The topological polar surface area (TPSA) is 49.8 Å². The largest absolute Gasteiger partial charge is 0.494 e. The summed E-state index contributed by atoms with van der Waals surface area (Å²) in [6.07, 6.45) is 3.59. The Kier molecular flexibility index (Phi) is 6.05. The predicted molar refractivity (Wildman–Crippen MR) is 82.4 cm³/mol. The molecule has 0 aliphatic carbocycles. The van der Waals surface area contributed by atoms with Crippen molar-refractivity contribution in [2.75, 3.05) is 19.7 Å². The molecule has 116 valence electrons. The summed E-state index contributed by atoms with van der Waals surface area (Å²) in [5.41, 5.74) is 1.14. The van der Waals surface area contributed by atoms with E-state index in [1.807, 2.05) is 24.3 Å². The van der Waals surface area contributed by atoms with Crippen molar-refractivity contribution in [2.45, 2.75) is 45.1 Å². The summed E-state index contributed by atoms with van der Waals surface area (Å²) in [6.45, 7) is 4.08. The van der Waals surface area contributed by atoms with Gasteiger partial charge in [-0.1, -0.05) is 19.1 Å². The molecule has 1 aliphatic heterocycles. The summed E-state index contributed by atoms with van der Waals surface area (Å²) in [7, 11) is 0. The number of hydrogen-bond donors (Lipinski definition) is 1. The second-order valence-corrected chi connectivity index (χ2v) is 5.63. The zero-order valence-electron chi connectivity index (χ0n) is 12.8. The van der Waals surface area contributed by atoms with Crippen molar-refractivity contribution in [3.8, 4) is 5.75 Å². The molecular formula is C17H25NO3. The van der Waals surface area contributed by atoms with Crippen molar-refractivity contribution in [1.82, 2.24) is 4.90 Å². The van der Waals surface area contributed by atoms with E-state index < -0.39 is 0 Å². The van der Waals surface area contributed by atoms with Gasteiger partial charge in [0.05, 0.1) is 12.7 Å². The van der Waals surface area contributed by atoms with E-state index in [-0.39, 0.29) is 12.0 Å². The molecule has 2 rings (SSSR count). The molecule has 1 aromatic carbocycles. The molecule has 1 saturated heterocycles. The van der Waals surface area contributed by atoms with Gasteiger partial charge in [0.1, 0.15) is 5.75 Å². The number of hydrogen-bond acceptors (Lipinski definition) is 3. The highest BCUT2D eigenvalue weighted by Crippen LogP contribution is 2.15. The summed E-state index contributed by atoms with van der Waals surface area (Å²) in [6, 6.07) is 7.95. The molecule has 0 spiro atoms. The molecule has 0 radical (unpaired) electrons. The number of ether oxygens (including phenoxy) is 1. The molecule has 0 saturated carbocycles. The van der Waals surface area contributed by atoms with Crippen LogP contribution in [-0.4, -0.2) is 41.7 Å². The first-order valence-electron chi connectivity index (χ1n) is 7.86. The Morgan fingerprint density at radius 1 is 1.38 bits per heavy atom. The molecule has 1 atom stereocenters. The first-order chi connectivity index (χ1) is 10.2.